The summed E-state index contributed by atoms with van der Waals surface area (Å²) in [5.41, 5.74) is 2.36. The van der Waals surface area contributed by atoms with Gasteiger partial charge in [0.15, 0.2) is 0 Å². The van der Waals surface area contributed by atoms with Crippen LogP contribution in [0.1, 0.15) is 17.2 Å². The molecular formula is C16H11Cl2NO. The Bertz CT molecular complexity index is 768. The highest BCUT2D eigenvalue weighted by molar-refractivity contribution is 6.42. The van der Waals surface area contributed by atoms with E-state index in [-0.39, 0.29) is 0 Å². The van der Waals surface area contributed by atoms with Crippen molar-refractivity contribution >= 4 is 34.1 Å². The van der Waals surface area contributed by atoms with Gasteiger partial charge in [0.25, 0.3) is 0 Å². The molecule has 0 saturated carbocycles. The first-order valence-electron chi connectivity index (χ1n) is 6.13. The summed E-state index contributed by atoms with van der Waals surface area (Å²) >= 11 is 11.9. The third-order valence-electron chi connectivity index (χ3n) is 3.24. The van der Waals surface area contributed by atoms with Crippen LogP contribution in [-0.2, 0) is 0 Å². The second-order valence-corrected chi connectivity index (χ2v) is 5.31. The number of aromatic nitrogens is 1. The quantitative estimate of drug-likeness (QED) is 0.749. The lowest BCUT2D eigenvalue weighted by atomic mass is 9.98. The standard InChI is InChI=1S/C16H11Cl2NO/c17-13-6-5-10(9-14(13)18)16(20)12-7-8-19-15-4-2-1-3-11(12)15/h1-9,16,20H. The zero-order valence-corrected chi connectivity index (χ0v) is 11.9. The van der Waals surface area contributed by atoms with Gasteiger partial charge in [-0.1, -0.05) is 47.5 Å². The van der Waals surface area contributed by atoms with Crippen molar-refractivity contribution in [1.82, 2.24) is 4.98 Å². The lowest BCUT2D eigenvalue weighted by molar-refractivity contribution is 0.222. The highest BCUT2D eigenvalue weighted by Crippen LogP contribution is 2.31. The third-order valence-corrected chi connectivity index (χ3v) is 3.98. The minimum atomic E-state index is -0.766. The lowest BCUT2D eigenvalue weighted by Crippen LogP contribution is -2.01. The van der Waals surface area contributed by atoms with Gasteiger partial charge < -0.3 is 5.11 Å². The molecule has 0 radical (unpaired) electrons. The smallest absolute Gasteiger partial charge is 0.105 e. The Labute approximate surface area is 126 Å². The largest absolute Gasteiger partial charge is 0.384 e. The van der Waals surface area contributed by atoms with E-state index in [1.807, 2.05) is 30.3 Å². The molecule has 0 bridgehead atoms. The van der Waals surface area contributed by atoms with Crippen LogP contribution >= 0.6 is 23.2 Å². The van der Waals surface area contributed by atoms with Crippen LogP contribution in [0.4, 0.5) is 0 Å². The Morgan fingerprint density at radius 2 is 1.75 bits per heavy atom. The summed E-state index contributed by atoms with van der Waals surface area (Å²) in [6.07, 6.45) is 0.927. The molecule has 1 N–H and O–H groups in total. The third kappa shape index (κ3) is 2.38. The number of fused-ring (bicyclic) bond motifs is 1. The summed E-state index contributed by atoms with van der Waals surface area (Å²) in [5.74, 6) is 0. The van der Waals surface area contributed by atoms with Crippen molar-refractivity contribution in [3.05, 3.63) is 75.9 Å². The summed E-state index contributed by atoms with van der Waals surface area (Å²) in [7, 11) is 0. The molecule has 0 spiro atoms. The van der Waals surface area contributed by atoms with E-state index in [1.165, 1.54) is 0 Å². The van der Waals surface area contributed by atoms with Crippen LogP contribution in [0.2, 0.25) is 10.0 Å². The van der Waals surface area contributed by atoms with E-state index in [0.717, 1.165) is 16.5 Å². The maximum atomic E-state index is 10.6. The van der Waals surface area contributed by atoms with Gasteiger partial charge in [-0.3, -0.25) is 4.98 Å². The van der Waals surface area contributed by atoms with E-state index in [9.17, 15) is 5.11 Å². The maximum absolute atomic E-state index is 10.6. The molecule has 3 aromatic rings. The zero-order valence-electron chi connectivity index (χ0n) is 10.4. The number of hydrogen-bond acceptors (Lipinski definition) is 2. The van der Waals surface area contributed by atoms with Crippen molar-refractivity contribution < 1.29 is 5.11 Å². The first-order chi connectivity index (χ1) is 9.66. The molecule has 1 unspecified atom stereocenters. The second-order valence-electron chi connectivity index (χ2n) is 4.49. The van der Waals surface area contributed by atoms with Crippen LogP contribution in [0.15, 0.2) is 54.7 Å². The van der Waals surface area contributed by atoms with Crippen molar-refractivity contribution in [3.63, 3.8) is 0 Å². The van der Waals surface area contributed by atoms with Crippen molar-refractivity contribution in [1.29, 1.82) is 0 Å². The highest BCUT2D eigenvalue weighted by atomic mass is 35.5. The molecule has 20 heavy (non-hydrogen) atoms. The molecule has 0 aliphatic heterocycles. The topological polar surface area (TPSA) is 33.1 Å². The minimum Gasteiger partial charge on any atom is -0.384 e. The molecule has 100 valence electrons. The highest BCUT2D eigenvalue weighted by Gasteiger charge is 2.14. The average molecular weight is 304 g/mol. The number of aliphatic hydroxyl groups is 1. The van der Waals surface area contributed by atoms with Crippen LogP contribution in [0.3, 0.4) is 0 Å². The lowest BCUT2D eigenvalue weighted by Gasteiger charge is -2.14. The average Bonchev–Trinajstić information content (AvgIpc) is 2.49. The van der Waals surface area contributed by atoms with Gasteiger partial charge in [0.05, 0.1) is 15.6 Å². The van der Waals surface area contributed by atoms with Gasteiger partial charge in [-0.25, -0.2) is 0 Å². The Balaban J connectivity index is 2.12. The van der Waals surface area contributed by atoms with Gasteiger partial charge in [-0.2, -0.15) is 0 Å². The number of pyridine rings is 1. The summed E-state index contributed by atoms with van der Waals surface area (Å²) < 4.78 is 0. The monoisotopic (exact) mass is 303 g/mol. The Kier molecular flexibility index (Phi) is 3.62. The van der Waals surface area contributed by atoms with Crippen LogP contribution in [0, 0.1) is 0 Å². The number of rotatable bonds is 2. The SMILES string of the molecule is OC(c1ccc(Cl)c(Cl)c1)c1ccnc2ccccc12. The van der Waals surface area contributed by atoms with Crippen LogP contribution in [-0.4, -0.2) is 10.1 Å². The fraction of sp³-hybridized carbons (Fsp3) is 0.0625. The van der Waals surface area contributed by atoms with Gasteiger partial charge >= 0.3 is 0 Å². The van der Waals surface area contributed by atoms with Gasteiger partial charge in [0.1, 0.15) is 6.10 Å². The van der Waals surface area contributed by atoms with Gasteiger partial charge in [0.2, 0.25) is 0 Å². The molecule has 2 aromatic carbocycles. The van der Waals surface area contributed by atoms with Crippen molar-refractivity contribution in [2.24, 2.45) is 0 Å². The molecule has 4 heteroatoms. The molecule has 0 fully saturated rings. The number of nitrogens with zero attached hydrogens (tertiary/aromatic N) is 1. The van der Waals surface area contributed by atoms with Gasteiger partial charge in [-0.05, 0) is 35.4 Å². The summed E-state index contributed by atoms with van der Waals surface area (Å²) in [4.78, 5) is 4.29. The molecule has 0 amide bonds. The Morgan fingerprint density at radius 3 is 2.55 bits per heavy atom. The fourth-order valence-electron chi connectivity index (χ4n) is 2.22. The minimum absolute atomic E-state index is 0.432. The maximum Gasteiger partial charge on any atom is 0.105 e. The van der Waals surface area contributed by atoms with E-state index >= 15 is 0 Å². The number of para-hydroxylation sites is 1. The van der Waals surface area contributed by atoms with Crippen molar-refractivity contribution in [2.75, 3.05) is 0 Å². The van der Waals surface area contributed by atoms with Crippen molar-refractivity contribution in [3.8, 4) is 0 Å². The second kappa shape index (κ2) is 5.41. The van der Waals surface area contributed by atoms with Crippen LogP contribution in [0.25, 0.3) is 10.9 Å². The number of hydrogen-bond donors (Lipinski definition) is 1. The van der Waals surface area contributed by atoms with Crippen LogP contribution < -0.4 is 0 Å². The first-order valence-corrected chi connectivity index (χ1v) is 6.89. The normalized spacial score (nSPS) is 12.6. The molecule has 3 rings (SSSR count). The molecular weight excluding hydrogens is 293 g/mol. The molecule has 1 aromatic heterocycles. The summed E-state index contributed by atoms with van der Waals surface area (Å²) in [6.45, 7) is 0. The van der Waals surface area contributed by atoms with E-state index in [0.29, 0.717) is 15.6 Å². The van der Waals surface area contributed by atoms with E-state index < -0.39 is 6.10 Å². The summed E-state index contributed by atoms with van der Waals surface area (Å²) in [5, 5.41) is 12.4. The van der Waals surface area contributed by atoms with Gasteiger partial charge in [0, 0.05) is 11.6 Å². The zero-order chi connectivity index (χ0) is 14.1. The van der Waals surface area contributed by atoms with E-state index in [4.69, 9.17) is 23.2 Å². The number of aliphatic hydroxyl groups excluding tert-OH is 1. The van der Waals surface area contributed by atoms with E-state index in [2.05, 4.69) is 4.98 Å². The van der Waals surface area contributed by atoms with Crippen LogP contribution in [0.5, 0.6) is 0 Å². The van der Waals surface area contributed by atoms with E-state index in [1.54, 1.807) is 24.4 Å². The Hall–Kier alpha value is -1.61. The number of benzene rings is 2. The molecule has 0 aliphatic rings. The summed E-state index contributed by atoms with van der Waals surface area (Å²) in [6, 6.07) is 14.7. The fourth-order valence-corrected chi connectivity index (χ4v) is 2.52. The number of halogens is 2. The van der Waals surface area contributed by atoms with Crippen molar-refractivity contribution in [2.45, 2.75) is 6.10 Å². The molecule has 0 saturated heterocycles. The first kappa shape index (κ1) is 13.4. The molecule has 2 nitrogen and oxygen atoms in total. The molecule has 1 heterocycles. The van der Waals surface area contributed by atoms with Gasteiger partial charge in [-0.15, -0.1) is 0 Å². The molecule has 1 atom stereocenters. The predicted octanol–water partition coefficient (Wildman–Crippen LogP) is 4.62. The Morgan fingerprint density at radius 1 is 0.950 bits per heavy atom. The predicted molar refractivity (Wildman–Crippen MR) is 82.3 cm³/mol. The molecule has 0 aliphatic carbocycles.